The summed E-state index contributed by atoms with van der Waals surface area (Å²) in [6.45, 7) is 0. The number of aromatic hydroxyl groups is 1. The van der Waals surface area contributed by atoms with Crippen LogP contribution in [0.25, 0.3) is 11.1 Å². The minimum absolute atomic E-state index is 0.0884. The maximum absolute atomic E-state index is 12.9. The van der Waals surface area contributed by atoms with Crippen LogP contribution >= 0.6 is 27.3 Å². The zero-order valence-electron chi connectivity index (χ0n) is 7.00. The molecule has 1 aromatic heterocycles. The molecule has 72 valence electrons. The lowest BCUT2D eigenvalue weighted by Crippen LogP contribution is -1.79. The third-order valence-corrected chi connectivity index (χ3v) is 3.57. The van der Waals surface area contributed by atoms with Gasteiger partial charge in [-0.05, 0) is 39.5 Å². The fourth-order valence-electron chi connectivity index (χ4n) is 1.20. The first-order valence-corrected chi connectivity index (χ1v) is 5.62. The molecular formula is C10H6BrFOS. The number of rotatable bonds is 1. The second kappa shape index (κ2) is 3.71. The van der Waals surface area contributed by atoms with Crippen molar-refractivity contribution in [3.63, 3.8) is 0 Å². The monoisotopic (exact) mass is 272 g/mol. The van der Waals surface area contributed by atoms with Gasteiger partial charge in [-0.2, -0.15) is 11.3 Å². The maximum atomic E-state index is 12.9. The fraction of sp³-hybridized carbons (Fsp3) is 0. The fourth-order valence-corrected chi connectivity index (χ4v) is 2.71. The van der Waals surface area contributed by atoms with E-state index >= 15 is 0 Å². The number of hydrogen-bond donors (Lipinski definition) is 1. The summed E-state index contributed by atoms with van der Waals surface area (Å²) < 4.78 is 13.8. The smallest absolute Gasteiger partial charge is 0.124 e. The molecule has 2 rings (SSSR count). The predicted molar refractivity (Wildman–Crippen MR) is 59.1 cm³/mol. The van der Waals surface area contributed by atoms with Crippen LogP contribution < -0.4 is 0 Å². The highest BCUT2D eigenvalue weighted by molar-refractivity contribution is 9.10. The van der Waals surface area contributed by atoms with Gasteiger partial charge in [0.15, 0.2) is 0 Å². The zero-order chi connectivity index (χ0) is 10.1. The first-order chi connectivity index (χ1) is 6.68. The van der Waals surface area contributed by atoms with E-state index in [9.17, 15) is 9.50 Å². The van der Waals surface area contributed by atoms with Crippen molar-refractivity contribution in [2.75, 3.05) is 0 Å². The van der Waals surface area contributed by atoms with Crippen molar-refractivity contribution in [1.82, 2.24) is 0 Å². The lowest BCUT2D eigenvalue weighted by atomic mass is 10.1. The number of benzene rings is 1. The highest BCUT2D eigenvalue weighted by Crippen LogP contribution is 2.36. The first kappa shape index (κ1) is 9.68. The molecule has 0 spiro atoms. The number of hydrogen-bond acceptors (Lipinski definition) is 2. The topological polar surface area (TPSA) is 20.2 Å². The molecule has 0 radical (unpaired) electrons. The third kappa shape index (κ3) is 1.67. The lowest BCUT2D eigenvalue weighted by Gasteiger charge is -2.02. The molecule has 0 amide bonds. The van der Waals surface area contributed by atoms with Gasteiger partial charge in [0.2, 0.25) is 0 Å². The van der Waals surface area contributed by atoms with E-state index in [4.69, 9.17) is 0 Å². The Morgan fingerprint density at radius 2 is 2.00 bits per heavy atom. The molecule has 0 saturated heterocycles. The molecule has 0 bridgehead atoms. The summed E-state index contributed by atoms with van der Waals surface area (Å²) in [5.74, 6) is -0.263. The molecule has 1 nitrogen and oxygen atoms in total. The molecule has 0 atom stereocenters. The Balaban J connectivity index is 2.62. The molecule has 0 aliphatic rings. The van der Waals surface area contributed by atoms with E-state index in [-0.39, 0.29) is 11.6 Å². The molecule has 4 heteroatoms. The van der Waals surface area contributed by atoms with Crippen molar-refractivity contribution < 1.29 is 9.50 Å². The van der Waals surface area contributed by atoms with Gasteiger partial charge in [0.1, 0.15) is 11.6 Å². The summed E-state index contributed by atoms with van der Waals surface area (Å²) in [4.78, 5) is 0. The van der Waals surface area contributed by atoms with Crippen molar-refractivity contribution in [3.05, 3.63) is 39.2 Å². The van der Waals surface area contributed by atoms with E-state index in [0.29, 0.717) is 5.56 Å². The average Bonchev–Trinajstić information content (AvgIpc) is 2.56. The molecule has 1 aromatic carbocycles. The molecule has 0 fully saturated rings. The van der Waals surface area contributed by atoms with Crippen molar-refractivity contribution in [2.45, 2.75) is 0 Å². The Hall–Kier alpha value is -0.870. The Morgan fingerprint density at radius 1 is 1.21 bits per heavy atom. The van der Waals surface area contributed by atoms with Crippen LogP contribution in [0.2, 0.25) is 0 Å². The highest BCUT2D eigenvalue weighted by Gasteiger charge is 2.09. The zero-order valence-corrected chi connectivity index (χ0v) is 9.40. The minimum Gasteiger partial charge on any atom is -0.507 e. The van der Waals surface area contributed by atoms with Gasteiger partial charge in [-0.3, -0.25) is 0 Å². The van der Waals surface area contributed by atoms with E-state index in [1.807, 2.05) is 10.8 Å². The van der Waals surface area contributed by atoms with Crippen LogP contribution in [-0.4, -0.2) is 5.11 Å². The molecule has 2 aromatic rings. The average molecular weight is 273 g/mol. The van der Waals surface area contributed by atoms with Crippen molar-refractivity contribution in [2.24, 2.45) is 0 Å². The second-order valence-corrected chi connectivity index (χ2v) is 4.39. The van der Waals surface area contributed by atoms with Gasteiger partial charge in [-0.1, -0.05) is 0 Å². The number of phenols is 1. The number of phenolic OH excluding ortho intramolecular Hbond substituents is 1. The minimum atomic E-state index is -0.351. The quantitative estimate of drug-likeness (QED) is 0.831. The second-order valence-electron chi connectivity index (χ2n) is 2.79. The van der Waals surface area contributed by atoms with E-state index in [1.54, 1.807) is 0 Å². The first-order valence-electron chi connectivity index (χ1n) is 3.89. The van der Waals surface area contributed by atoms with Crippen molar-refractivity contribution in [3.8, 4) is 16.9 Å². The lowest BCUT2D eigenvalue weighted by molar-refractivity contribution is 0.475. The van der Waals surface area contributed by atoms with E-state index < -0.39 is 0 Å². The maximum Gasteiger partial charge on any atom is 0.124 e. The van der Waals surface area contributed by atoms with Gasteiger partial charge in [-0.25, -0.2) is 4.39 Å². The molecule has 1 N–H and O–H groups in total. The molecular weight excluding hydrogens is 267 g/mol. The van der Waals surface area contributed by atoms with Crippen LogP contribution in [-0.2, 0) is 0 Å². The summed E-state index contributed by atoms with van der Waals surface area (Å²) >= 11 is 4.83. The Morgan fingerprint density at radius 3 is 2.64 bits per heavy atom. The summed E-state index contributed by atoms with van der Waals surface area (Å²) in [7, 11) is 0. The normalized spacial score (nSPS) is 10.4. The van der Waals surface area contributed by atoms with Gasteiger partial charge in [0, 0.05) is 21.0 Å². The van der Waals surface area contributed by atoms with Gasteiger partial charge in [0.05, 0.1) is 0 Å². The van der Waals surface area contributed by atoms with Crippen LogP contribution in [0.15, 0.2) is 33.4 Å². The largest absolute Gasteiger partial charge is 0.507 e. The van der Waals surface area contributed by atoms with E-state index in [2.05, 4.69) is 15.9 Å². The highest BCUT2D eigenvalue weighted by atomic mass is 79.9. The van der Waals surface area contributed by atoms with Crippen molar-refractivity contribution in [1.29, 1.82) is 0 Å². The molecule has 0 saturated carbocycles. The molecule has 0 aliphatic heterocycles. The van der Waals surface area contributed by atoms with Crippen LogP contribution in [0, 0.1) is 5.82 Å². The van der Waals surface area contributed by atoms with Gasteiger partial charge >= 0.3 is 0 Å². The predicted octanol–water partition coefficient (Wildman–Crippen LogP) is 4.02. The Kier molecular flexibility index (Phi) is 2.56. The number of halogens is 2. The van der Waals surface area contributed by atoms with Crippen molar-refractivity contribution >= 4 is 27.3 Å². The van der Waals surface area contributed by atoms with E-state index in [0.717, 1.165) is 10.0 Å². The SMILES string of the molecule is Oc1ccc(F)cc1-c1cscc1Br. The van der Waals surface area contributed by atoms with Crippen LogP contribution in [0.1, 0.15) is 0 Å². The van der Waals surface area contributed by atoms with Crippen LogP contribution in [0.5, 0.6) is 5.75 Å². The van der Waals surface area contributed by atoms with Gasteiger partial charge in [-0.15, -0.1) is 0 Å². The summed E-state index contributed by atoms with van der Waals surface area (Å²) in [5, 5.41) is 13.3. The molecule has 0 aliphatic carbocycles. The molecule has 0 unspecified atom stereocenters. The van der Waals surface area contributed by atoms with Crippen LogP contribution in [0.3, 0.4) is 0 Å². The third-order valence-electron chi connectivity index (χ3n) is 1.86. The standard InChI is InChI=1S/C10H6BrFOS/c11-9-5-14-4-8(9)7-3-6(12)1-2-10(7)13/h1-5,13H. The van der Waals surface area contributed by atoms with E-state index in [1.165, 1.54) is 29.5 Å². The Labute approximate surface area is 93.0 Å². The van der Waals surface area contributed by atoms with Crippen LogP contribution in [0.4, 0.5) is 4.39 Å². The summed E-state index contributed by atoms with van der Waals surface area (Å²) in [6, 6.07) is 3.91. The Bertz CT molecular complexity index is 467. The molecule has 1 heterocycles. The molecule has 14 heavy (non-hydrogen) atoms. The van der Waals surface area contributed by atoms with Gasteiger partial charge < -0.3 is 5.11 Å². The number of thiophene rings is 1. The van der Waals surface area contributed by atoms with Gasteiger partial charge in [0.25, 0.3) is 0 Å². The summed E-state index contributed by atoms with van der Waals surface area (Å²) in [6.07, 6.45) is 0. The summed E-state index contributed by atoms with van der Waals surface area (Å²) in [5.41, 5.74) is 1.32.